The lowest BCUT2D eigenvalue weighted by Crippen LogP contribution is -2.36. The number of rotatable bonds is 8. The lowest BCUT2D eigenvalue weighted by molar-refractivity contribution is 0.0600. The first kappa shape index (κ1) is 31.9. The summed E-state index contributed by atoms with van der Waals surface area (Å²) in [6, 6.07) is 28.1. The molecule has 48 heavy (non-hydrogen) atoms. The van der Waals surface area contributed by atoms with Crippen LogP contribution in [0.25, 0.3) is 44.3 Å². The van der Waals surface area contributed by atoms with Crippen molar-refractivity contribution >= 4 is 49.7 Å². The summed E-state index contributed by atoms with van der Waals surface area (Å²) >= 11 is 0. The van der Waals surface area contributed by atoms with E-state index in [0.717, 1.165) is 54.5 Å². The van der Waals surface area contributed by atoms with Gasteiger partial charge in [-0.1, -0.05) is 54.6 Å². The second kappa shape index (κ2) is 13.4. The quantitative estimate of drug-likeness (QED) is 0.199. The van der Waals surface area contributed by atoms with Gasteiger partial charge in [0.1, 0.15) is 0 Å². The summed E-state index contributed by atoms with van der Waals surface area (Å²) < 4.78 is 32.7. The molecule has 0 bridgehead atoms. The number of pyridine rings is 2. The van der Waals surface area contributed by atoms with Gasteiger partial charge in [0.05, 0.1) is 35.0 Å². The predicted octanol–water partition coefficient (Wildman–Crippen LogP) is 5.91. The SMILES string of the molecule is COC(=O)c1ccc(-c2cc3c(cnc4c3cc(-c3ccc(CN5CCC(S(C)=O)CC5)cc3)n4S(=O)c3ccccc3)[nH]c2=O)cc1. The molecule has 11 heteroatoms. The summed E-state index contributed by atoms with van der Waals surface area (Å²) in [5.74, 6) is -0.453. The molecule has 1 saturated heterocycles. The van der Waals surface area contributed by atoms with Crippen LogP contribution in [0.1, 0.15) is 28.8 Å². The molecule has 3 aromatic carbocycles. The van der Waals surface area contributed by atoms with Crippen LogP contribution in [-0.4, -0.2) is 64.9 Å². The van der Waals surface area contributed by atoms with Gasteiger partial charge in [-0.05, 0) is 79.0 Å². The van der Waals surface area contributed by atoms with Crippen molar-refractivity contribution in [2.75, 3.05) is 26.5 Å². The molecule has 6 aromatic rings. The second-order valence-electron chi connectivity index (χ2n) is 12.0. The number of carbonyl (C=O) groups excluding carboxylic acids is 1. The third kappa shape index (κ3) is 6.16. The van der Waals surface area contributed by atoms with Crippen molar-refractivity contribution in [1.82, 2.24) is 18.8 Å². The maximum Gasteiger partial charge on any atom is 0.337 e. The molecule has 1 N–H and O–H groups in total. The van der Waals surface area contributed by atoms with Crippen molar-refractivity contribution in [2.45, 2.75) is 29.5 Å². The molecule has 0 radical (unpaired) electrons. The zero-order chi connectivity index (χ0) is 33.4. The minimum absolute atomic E-state index is 0.279. The monoisotopic (exact) mass is 678 g/mol. The number of likely N-dealkylation sites (tertiary alicyclic amines) is 1. The number of aromatic nitrogens is 3. The second-order valence-corrected chi connectivity index (χ2v) is 15.0. The molecule has 1 aliphatic heterocycles. The molecule has 3 aromatic heterocycles. The number of nitrogens with zero attached hydrogens (tertiary/aromatic N) is 3. The normalized spacial score (nSPS) is 15.5. The van der Waals surface area contributed by atoms with Crippen molar-refractivity contribution in [3.8, 4) is 22.4 Å². The van der Waals surface area contributed by atoms with E-state index in [2.05, 4.69) is 34.1 Å². The van der Waals surface area contributed by atoms with E-state index >= 15 is 0 Å². The molecular formula is C37H34N4O5S2. The fourth-order valence-corrected chi connectivity index (χ4v) is 8.48. The van der Waals surface area contributed by atoms with Crippen LogP contribution in [0.4, 0.5) is 0 Å². The van der Waals surface area contributed by atoms with E-state index in [1.54, 1.807) is 40.7 Å². The van der Waals surface area contributed by atoms with Gasteiger partial charge in [-0.25, -0.2) is 18.0 Å². The van der Waals surface area contributed by atoms with Crippen molar-refractivity contribution in [1.29, 1.82) is 0 Å². The molecule has 0 spiro atoms. The summed E-state index contributed by atoms with van der Waals surface area (Å²) in [5.41, 5.74) is 5.06. The van der Waals surface area contributed by atoms with Crippen LogP contribution < -0.4 is 5.56 Å². The Balaban J connectivity index is 1.31. The van der Waals surface area contributed by atoms with Gasteiger partial charge in [0.2, 0.25) is 0 Å². The van der Waals surface area contributed by atoms with Crippen molar-refractivity contribution in [3.05, 3.63) is 119 Å². The summed E-state index contributed by atoms with van der Waals surface area (Å²) in [4.78, 5) is 35.9. The largest absolute Gasteiger partial charge is 0.465 e. The summed E-state index contributed by atoms with van der Waals surface area (Å²) in [6.07, 6.45) is 5.29. The van der Waals surface area contributed by atoms with Crippen LogP contribution in [0.2, 0.25) is 0 Å². The van der Waals surface area contributed by atoms with E-state index in [1.165, 1.54) is 12.7 Å². The van der Waals surface area contributed by atoms with E-state index in [9.17, 15) is 18.0 Å². The molecule has 0 saturated carbocycles. The molecule has 0 aliphatic carbocycles. The summed E-state index contributed by atoms with van der Waals surface area (Å²) in [7, 11) is -1.07. The van der Waals surface area contributed by atoms with Gasteiger partial charge in [-0.3, -0.25) is 13.9 Å². The van der Waals surface area contributed by atoms with E-state index in [-0.39, 0.29) is 10.8 Å². The molecule has 1 fully saturated rings. The first-order valence-electron chi connectivity index (χ1n) is 15.7. The lowest BCUT2D eigenvalue weighted by atomic mass is 10.0. The van der Waals surface area contributed by atoms with E-state index < -0.39 is 27.8 Å². The molecule has 9 nitrogen and oxygen atoms in total. The molecule has 4 heterocycles. The van der Waals surface area contributed by atoms with Crippen LogP contribution in [0.15, 0.2) is 107 Å². The third-order valence-corrected chi connectivity index (χ3v) is 11.8. The smallest absolute Gasteiger partial charge is 0.337 e. The molecule has 2 atom stereocenters. The lowest BCUT2D eigenvalue weighted by Gasteiger charge is -2.30. The number of piperidine rings is 1. The number of fused-ring (bicyclic) bond motifs is 3. The Morgan fingerprint density at radius 1 is 0.917 bits per heavy atom. The van der Waals surface area contributed by atoms with E-state index in [4.69, 9.17) is 9.72 Å². The number of ether oxygens (including phenoxy) is 1. The molecule has 2 unspecified atom stereocenters. The minimum Gasteiger partial charge on any atom is -0.465 e. The zero-order valence-corrected chi connectivity index (χ0v) is 28.2. The van der Waals surface area contributed by atoms with Crippen LogP contribution in [0, 0.1) is 0 Å². The molecule has 244 valence electrons. The Morgan fingerprint density at radius 2 is 1.60 bits per heavy atom. The minimum atomic E-state index is -1.61. The van der Waals surface area contributed by atoms with Crippen LogP contribution in [-0.2, 0) is 33.1 Å². The molecular weight excluding hydrogens is 645 g/mol. The Hall–Kier alpha value is -4.71. The van der Waals surface area contributed by atoms with Gasteiger partial charge < -0.3 is 9.72 Å². The number of nitrogens with one attached hydrogen (secondary N) is 1. The molecule has 7 rings (SSSR count). The summed E-state index contributed by atoms with van der Waals surface area (Å²) in [5, 5.41) is 1.78. The zero-order valence-electron chi connectivity index (χ0n) is 26.5. The standard InChI is InChI=1S/C37H34N4O5S2/c1-46-37(43)27-14-12-25(13-15-27)30-20-31-32-21-34(26-10-8-24(9-11-26)23-40-18-16-28(17-19-40)47(2)44)41(48(45)29-6-4-3-5-7-29)35(32)38-22-33(31)39-36(30)42/h3-15,20-22,28H,16-19,23H2,1-2H3,(H,39,42). The Labute approximate surface area is 282 Å². The molecule has 1 aliphatic rings. The first-order valence-corrected chi connectivity index (χ1v) is 18.4. The van der Waals surface area contributed by atoms with Gasteiger partial charge >= 0.3 is 5.97 Å². The van der Waals surface area contributed by atoms with E-state index in [0.29, 0.717) is 32.7 Å². The Morgan fingerprint density at radius 3 is 2.27 bits per heavy atom. The highest BCUT2D eigenvalue weighted by Gasteiger charge is 2.23. The van der Waals surface area contributed by atoms with Crippen LogP contribution >= 0.6 is 0 Å². The van der Waals surface area contributed by atoms with Crippen molar-refractivity contribution in [3.63, 3.8) is 0 Å². The van der Waals surface area contributed by atoms with Crippen molar-refractivity contribution < 1.29 is 17.9 Å². The number of aromatic amines is 1. The fraction of sp³-hybridized carbons (Fsp3) is 0.216. The van der Waals surface area contributed by atoms with Gasteiger partial charge in [0, 0.05) is 45.2 Å². The van der Waals surface area contributed by atoms with Crippen LogP contribution in [0.5, 0.6) is 0 Å². The van der Waals surface area contributed by atoms with E-state index in [1.807, 2.05) is 42.5 Å². The number of esters is 1. The van der Waals surface area contributed by atoms with Gasteiger partial charge in [-0.2, -0.15) is 0 Å². The average Bonchev–Trinajstić information content (AvgIpc) is 3.51. The van der Waals surface area contributed by atoms with Gasteiger partial charge in [0.15, 0.2) is 16.6 Å². The fourth-order valence-electron chi connectivity index (χ4n) is 6.37. The van der Waals surface area contributed by atoms with Gasteiger partial charge in [-0.15, -0.1) is 0 Å². The topological polar surface area (TPSA) is 114 Å². The average molecular weight is 679 g/mol. The predicted molar refractivity (Wildman–Crippen MR) is 191 cm³/mol. The Kier molecular flexibility index (Phi) is 8.91. The van der Waals surface area contributed by atoms with Crippen LogP contribution in [0.3, 0.4) is 0 Å². The number of hydrogen-bond donors (Lipinski definition) is 1. The Bertz CT molecular complexity index is 2240. The first-order chi connectivity index (χ1) is 23.3. The summed E-state index contributed by atoms with van der Waals surface area (Å²) in [6.45, 7) is 2.66. The maximum atomic E-state index is 14.2. The highest BCUT2D eigenvalue weighted by Crippen LogP contribution is 2.34. The molecule has 0 amide bonds. The highest BCUT2D eigenvalue weighted by molar-refractivity contribution is 7.84. The maximum absolute atomic E-state index is 14.2. The van der Waals surface area contributed by atoms with Crippen molar-refractivity contribution in [2.24, 2.45) is 0 Å². The number of H-pyrrole nitrogens is 1. The third-order valence-electron chi connectivity index (χ3n) is 9.00. The highest BCUT2D eigenvalue weighted by atomic mass is 32.2. The van der Waals surface area contributed by atoms with Gasteiger partial charge in [0.25, 0.3) is 5.56 Å². The number of methoxy groups -OCH3 is 1. The number of hydrogen-bond acceptors (Lipinski definition) is 7. The number of benzene rings is 3. The number of carbonyl (C=O) groups is 1.